The van der Waals surface area contributed by atoms with E-state index in [-0.39, 0.29) is 11.9 Å². The summed E-state index contributed by atoms with van der Waals surface area (Å²) in [6.45, 7) is 1.83. The van der Waals surface area contributed by atoms with Crippen molar-refractivity contribution in [3.63, 3.8) is 0 Å². The number of aromatic nitrogens is 2. The summed E-state index contributed by atoms with van der Waals surface area (Å²) in [7, 11) is 0. The van der Waals surface area contributed by atoms with E-state index in [4.69, 9.17) is 10.5 Å². The highest BCUT2D eigenvalue weighted by molar-refractivity contribution is 5.97. The van der Waals surface area contributed by atoms with Crippen LogP contribution in [0, 0.1) is 0 Å². The number of amides is 1. The third-order valence-electron chi connectivity index (χ3n) is 3.82. The summed E-state index contributed by atoms with van der Waals surface area (Å²) >= 11 is 0. The predicted molar refractivity (Wildman–Crippen MR) is 82.8 cm³/mol. The van der Waals surface area contributed by atoms with Crippen LogP contribution in [0.25, 0.3) is 5.69 Å². The van der Waals surface area contributed by atoms with E-state index in [1.54, 1.807) is 10.9 Å². The van der Waals surface area contributed by atoms with Crippen LogP contribution >= 0.6 is 0 Å². The lowest BCUT2D eigenvalue weighted by atomic mass is 10.1. The lowest BCUT2D eigenvalue weighted by Crippen LogP contribution is -2.39. The van der Waals surface area contributed by atoms with E-state index >= 15 is 0 Å². The number of ether oxygens (including phenoxy) is 1. The van der Waals surface area contributed by atoms with Gasteiger partial charge in [0.25, 0.3) is 5.91 Å². The number of nitrogens with zero attached hydrogens (tertiary/aromatic N) is 2. The van der Waals surface area contributed by atoms with Crippen LogP contribution in [0.3, 0.4) is 0 Å². The number of nitrogens with one attached hydrogen (secondary N) is 1. The molecule has 2 heterocycles. The van der Waals surface area contributed by atoms with Crippen LogP contribution in [0.2, 0.25) is 0 Å². The Bertz CT molecular complexity index is 647. The average Bonchev–Trinajstić information content (AvgIpc) is 3.05. The van der Waals surface area contributed by atoms with Gasteiger partial charge in [0.05, 0.1) is 17.4 Å². The van der Waals surface area contributed by atoms with Crippen molar-refractivity contribution in [2.45, 2.75) is 25.4 Å². The van der Waals surface area contributed by atoms with Crippen molar-refractivity contribution < 1.29 is 9.53 Å². The molecule has 22 heavy (non-hydrogen) atoms. The minimum Gasteiger partial charge on any atom is -0.381 e. The van der Waals surface area contributed by atoms with E-state index in [0.29, 0.717) is 25.3 Å². The van der Waals surface area contributed by atoms with Crippen LogP contribution < -0.4 is 11.1 Å². The second-order valence-electron chi connectivity index (χ2n) is 5.37. The maximum Gasteiger partial charge on any atom is 0.253 e. The average molecular weight is 300 g/mol. The highest BCUT2D eigenvalue weighted by atomic mass is 16.5. The second kappa shape index (κ2) is 6.72. The SMILES string of the molecule is NCc1cnn(-c2ccccc2C(=O)NC2CCOCC2)c1. The number of hydrogen-bond donors (Lipinski definition) is 2. The summed E-state index contributed by atoms with van der Waals surface area (Å²) in [6, 6.07) is 7.62. The number of hydrogen-bond acceptors (Lipinski definition) is 4. The third kappa shape index (κ3) is 3.18. The molecular weight excluding hydrogens is 280 g/mol. The maximum absolute atomic E-state index is 12.6. The molecule has 0 spiro atoms. The number of nitrogens with two attached hydrogens (primary N) is 1. The largest absolute Gasteiger partial charge is 0.381 e. The fraction of sp³-hybridized carbons (Fsp3) is 0.375. The zero-order valence-electron chi connectivity index (χ0n) is 12.4. The van der Waals surface area contributed by atoms with Crippen LogP contribution in [-0.4, -0.2) is 34.9 Å². The highest BCUT2D eigenvalue weighted by Crippen LogP contribution is 2.16. The van der Waals surface area contributed by atoms with Gasteiger partial charge in [0.15, 0.2) is 0 Å². The van der Waals surface area contributed by atoms with Gasteiger partial charge in [-0.1, -0.05) is 12.1 Å². The molecule has 6 nitrogen and oxygen atoms in total. The first-order valence-corrected chi connectivity index (χ1v) is 7.49. The Labute approximate surface area is 129 Å². The Balaban J connectivity index is 1.82. The number of carbonyl (C=O) groups is 1. The van der Waals surface area contributed by atoms with Crippen LogP contribution in [0.1, 0.15) is 28.8 Å². The number of benzene rings is 1. The molecule has 2 aromatic rings. The Kier molecular flexibility index (Phi) is 4.50. The van der Waals surface area contributed by atoms with Crippen molar-refractivity contribution in [1.82, 2.24) is 15.1 Å². The van der Waals surface area contributed by atoms with Crippen molar-refractivity contribution in [3.05, 3.63) is 47.8 Å². The van der Waals surface area contributed by atoms with Crippen LogP contribution in [0.4, 0.5) is 0 Å². The normalized spacial score (nSPS) is 15.7. The molecule has 1 aliphatic rings. The molecule has 1 aromatic carbocycles. The van der Waals surface area contributed by atoms with Crippen LogP contribution in [0.5, 0.6) is 0 Å². The highest BCUT2D eigenvalue weighted by Gasteiger charge is 2.19. The molecule has 6 heteroatoms. The molecule has 1 aromatic heterocycles. The molecule has 1 amide bonds. The van der Waals surface area contributed by atoms with Gasteiger partial charge in [0.2, 0.25) is 0 Å². The van der Waals surface area contributed by atoms with Gasteiger partial charge in [0.1, 0.15) is 0 Å². The number of rotatable bonds is 4. The topological polar surface area (TPSA) is 82.2 Å². The van der Waals surface area contributed by atoms with E-state index in [0.717, 1.165) is 24.1 Å². The minimum atomic E-state index is -0.0766. The molecule has 3 N–H and O–H groups in total. The molecule has 0 aliphatic carbocycles. The van der Waals surface area contributed by atoms with E-state index in [1.807, 2.05) is 30.5 Å². The van der Waals surface area contributed by atoms with Gasteiger partial charge in [-0.3, -0.25) is 4.79 Å². The molecule has 116 valence electrons. The van der Waals surface area contributed by atoms with Crippen LogP contribution in [0.15, 0.2) is 36.7 Å². The second-order valence-corrected chi connectivity index (χ2v) is 5.37. The van der Waals surface area contributed by atoms with Crippen molar-refractivity contribution in [1.29, 1.82) is 0 Å². The molecule has 0 bridgehead atoms. The van der Waals surface area contributed by atoms with Gasteiger partial charge >= 0.3 is 0 Å². The third-order valence-corrected chi connectivity index (χ3v) is 3.82. The zero-order chi connectivity index (χ0) is 15.4. The van der Waals surface area contributed by atoms with Crippen molar-refractivity contribution >= 4 is 5.91 Å². The lowest BCUT2D eigenvalue weighted by Gasteiger charge is -2.23. The van der Waals surface area contributed by atoms with Crippen molar-refractivity contribution in [2.24, 2.45) is 5.73 Å². The van der Waals surface area contributed by atoms with Gasteiger partial charge in [-0.15, -0.1) is 0 Å². The van der Waals surface area contributed by atoms with Gasteiger partial charge in [-0.2, -0.15) is 5.10 Å². The summed E-state index contributed by atoms with van der Waals surface area (Å²) in [6.07, 6.45) is 5.27. The summed E-state index contributed by atoms with van der Waals surface area (Å²) in [5.41, 5.74) is 7.92. The Morgan fingerprint density at radius 1 is 1.36 bits per heavy atom. The van der Waals surface area contributed by atoms with E-state index in [1.165, 1.54) is 0 Å². The molecule has 0 saturated carbocycles. The predicted octanol–water partition coefficient (Wildman–Crippen LogP) is 1.24. The van der Waals surface area contributed by atoms with Gasteiger partial charge < -0.3 is 15.8 Å². The first kappa shape index (κ1) is 14.7. The van der Waals surface area contributed by atoms with Crippen LogP contribution in [-0.2, 0) is 11.3 Å². The van der Waals surface area contributed by atoms with Crippen molar-refractivity contribution in [2.75, 3.05) is 13.2 Å². The fourth-order valence-corrected chi connectivity index (χ4v) is 2.57. The van der Waals surface area contributed by atoms with E-state index < -0.39 is 0 Å². The molecule has 3 rings (SSSR count). The molecule has 1 aliphatic heterocycles. The van der Waals surface area contributed by atoms with E-state index in [9.17, 15) is 4.79 Å². The minimum absolute atomic E-state index is 0.0766. The summed E-state index contributed by atoms with van der Waals surface area (Å²) < 4.78 is 7.01. The molecule has 1 saturated heterocycles. The van der Waals surface area contributed by atoms with Gasteiger partial charge in [-0.05, 0) is 25.0 Å². The number of carbonyl (C=O) groups excluding carboxylic acids is 1. The number of para-hydroxylation sites is 1. The Morgan fingerprint density at radius 3 is 2.86 bits per heavy atom. The summed E-state index contributed by atoms with van der Waals surface area (Å²) in [4.78, 5) is 12.6. The standard InChI is InChI=1S/C16H20N4O2/c17-9-12-10-18-20(11-12)15-4-2-1-3-14(15)16(21)19-13-5-7-22-8-6-13/h1-4,10-11,13H,5-9,17H2,(H,19,21). The zero-order valence-corrected chi connectivity index (χ0v) is 12.4. The monoisotopic (exact) mass is 300 g/mol. The smallest absolute Gasteiger partial charge is 0.253 e. The Hall–Kier alpha value is -2.18. The Morgan fingerprint density at radius 2 is 2.14 bits per heavy atom. The molecule has 0 atom stereocenters. The van der Waals surface area contributed by atoms with Gasteiger partial charge in [-0.25, -0.2) is 4.68 Å². The first-order chi connectivity index (χ1) is 10.8. The lowest BCUT2D eigenvalue weighted by molar-refractivity contribution is 0.0696. The summed E-state index contributed by atoms with van der Waals surface area (Å²) in [5, 5.41) is 7.37. The molecule has 0 unspecified atom stereocenters. The van der Waals surface area contributed by atoms with Crippen molar-refractivity contribution in [3.8, 4) is 5.69 Å². The fourth-order valence-electron chi connectivity index (χ4n) is 2.57. The molecular formula is C16H20N4O2. The van der Waals surface area contributed by atoms with E-state index in [2.05, 4.69) is 10.4 Å². The maximum atomic E-state index is 12.6. The molecule has 0 radical (unpaired) electrons. The first-order valence-electron chi connectivity index (χ1n) is 7.49. The quantitative estimate of drug-likeness (QED) is 0.890. The van der Waals surface area contributed by atoms with Gasteiger partial charge in [0, 0.05) is 37.6 Å². The molecule has 1 fully saturated rings. The summed E-state index contributed by atoms with van der Waals surface area (Å²) in [5.74, 6) is -0.0766.